The lowest BCUT2D eigenvalue weighted by Gasteiger charge is -2.31. The largest absolute Gasteiger partial charge is 0.458 e. The van der Waals surface area contributed by atoms with E-state index in [4.69, 9.17) is 23.9 Å². The number of benzene rings is 3. The monoisotopic (exact) mass is 1060 g/mol. The van der Waals surface area contributed by atoms with Gasteiger partial charge in [0.1, 0.15) is 31.1 Å². The van der Waals surface area contributed by atoms with Gasteiger partial charge in [-0.05, 0) is 80.5 Å². The first-order valence-corrected chi connectivity index (χ1v) is 24.1. The first-order chi connectivity index (χ1) is 36.2. The van der Waals surface area contributed by atoms with Crippen molar-refractivity contribution in [1.29, 1.82) is 0 Å². The van der Waals surface area contributed by atoms with Gasteiger partial charge in [0, 0.05) is 40.8 Å². The Labute approximate surface area is 429 Å². The number of pyridine rings is 2. The summed E-state index contributed by atoms with van der Waals surface area (Å²) in [5, 5.41) is 22.7. The van der Waals surface area contributed by atoms with Crippen molar-refractivity contribution in [1.82, 2.24) is 25.5 Å². The fourth-order valence-electron chi connectivity index (χ4n) is 9.20. The van der Waals surface area contributed by atoms with Gasteiger partial charge in [0.05, 0.1) is 67.9 Å². The van der Waals surface area contributed by atoms with E-state index in [0.717, 1.165) is 5.56 Å². The van der Waals surface area contributed by atoms with Crippen LogP contribution in [0.4, 0.5) is 32.4 Å². The summed E-state index contributed by atoms with van der Waals surface area (Å²) in [7, 11) is 0. The van der Waals surface area contributed by atoms with Crippen LogP contribution in [0.1, 0.15) is 91.4 Å². The smallest absolute Gasteiger partial charge is 0.407 e. The van der Waals surface area contributed by atoms with Crippen LogP contribution in [-0.2, 0) is 74.7 Å². The molecule has 5 N–H and O–H groups in total. The molecule has 3 aliphatic rings. The van der Waals surface area contributed by atoms with Gasteiger partial charge in [-0.3, -0.25) is 24.0 Å². The minimum Gasteiger partial charge on any atom is -0.458 e. The van der Waals surface area contributed by atoms with E-state index in [-0.39, 0.29) is 76.2 Å². The molecule has 402 valence electrons. The maximum Gasteiger partial charge on any atom is 0.407 e. The Morgan fingerprint density at radius 3 is 2.21 bits per heavy atom. The van der Waals surface area contributed by atoms with E-state index in [9.17, 15) is 56.2 Å². The molecule has 4 amide bonds. The van der Waals surface area contributed by atoms with Crippen molar-refractivity contribution in [2.45, 2.75) is 103 Å². The quantitative estimate of drug-likeness (QED) is 0.0225. The number of fused-ring (bicyclic) bond motifs is 5. The summed E-state index contributed by atoms with van der Waals surface area (Å²) in [5.41, 5.74) is 2.16. The molecule has 8 rings (SSSR count). The molecular weight excluding hydrogens is 1010 g/mol. The molecule has 4 heterocycles. The number of hydrogen-bond donors (Lipinski definition) is 5. The first-order valence-electron chi connectivity index (χ1n) is 24.1. The van der Waals surface area contributed by atoms with Crippen LogP contribution in [-0.4, -0.2) is 88.9 Å². The predicted octanol–water partition coefficient (Wildman–Crippen LogP) is 5.36. The van der Waals surface area contributed by atoms with Gasteiger partial charge in [0.2, 0.25) is 35.1 Å². The van der Waals surface area contributed by atoms with Crippen molar-refractivity contribution < 1.29 is 79.5 Å². The second kappa shape index (κ2) is 22.6. The number of carbonyl (C=O) groups is 6. The van der Waals surface area contributed by atoms with Crippen LogP contribution in [0.25, 0.3) is 22.3 Å². The number of amides is 4. The molecule has 76 heavy (non-hydrogen) atoms. The zero-order valence-electron chi connectivity index (χ0n) is 41.4. The van der Waals surface area contributed by atoms with Crippen molar-refractivity contribution in [3.63, 3.8) is 0 Å². The van der Waals surface area contributed by atoms with Crippen LogP contribution in [0.3, 0.4) is 0 Å². The van der Waals surface area contributed by atoms with Crippen LogP contribution >= 0.6 is 0 Å². The maximum atomic E-state index is 15.4. The zero-order chi connectivity index (χ0) is 54.7. The molecular formula is C52H51F5N6O13. The van der Waals surface area contributed by atoms with Crippen molar-refractivity contribution >= 4 is 52.3 Å². The number of alkyl carbamates (subject to hydrolysis) is 1. The Balaban J connectivity index is 0.775. The number of anilines is 1. The average Bonchev–Trinajstić information content (AvgIpc) is 3.77. The lowest BCUT2D eigenvalue weighted by molar-refractivity contribution is -0.172. The Morgan fingerprint density at radius 1 is 0.855 bits per heavy atom. The molecule has 24 heteroatoms. The summed E-state index contributed by atoms with van der Waals surface area (Å²) in [6, 6.07) is 6.54. The number of aliphatic hydroxyl groups is 1. The topological polar surface area (TPSA) is 252 Å². The van der Waals surface area contributed by atoms with Crippen LogP contribution in [0.5, 0.6) is 5.75 Å². The van der Waals surface area contributed by atoms with Crippen molar-refractivity contribution in [3.8, 4) is 17.1 Å². The highest BCUT2D eigenvalue weighted by molar-refractivity contribution is 5.98. The molecule has 3 aromatic carbocycles. The third-order valence-corrected chi connectivity index (χ3v) is 13.4. The van der Waals surface area contributed by atoms with Crippen LogP contribution in [0.2, 0.25) is 0 Å². The number of rotatable bonds is 19. The molecule has 2 aliphatic heterocycles. The number of ether oxygens (including phenoxy) is 5. The number of aryl methyl sites for hydroxylation is 1. The van der Waals surface area contributed by atoms with Gasteiger partial charge in [0.15, 0.2) is 17.2 Å². The van der Waals surface area contributed by atoms with Gasteiger partial charge < -0.3 is 54.6 Å². The molecule has 0 saturated heterocycles. The fourth-order valence-corrected chi connectivity index (χ4v) is 9.20. The third kappa shape index (κ3) is 11.1. The second-order valence-electron chi connectivity index (χ2n) is 18.3. The molecule has 4 atom stereocenters. The highest BCUT2D eigenvalue weighted by Crippen LogP contribution is 2.46. The molecule has 2 aromatic heterocycles. The summed E-state index contributed by atoms with van der Waals surface area (Å²) < 4.78 is 96.5. The molecule has 0 saturated carbocycles. The maximum absolute atomic E-state index is 15.4. The number of aromatic nitrogens is 2. The van der Waals surface area contributed by atoms with Crippen LogP contribution < -0.4 is 31.6 Å². The normalized spacial score (nSPS) is 16.9. The Morgan fingerprint density at radius 2 is 1.53 bits per heavy atom. The summed E-state index contributed by atoms with van der Waals surface area (Å²) in [6.07, 6.45) is -0.690. The molecule has 0 fully saturated rings. The van der Waals surface area contributed by atoms with Gasteiger partial charge in [-0.15, -0.1) is 0 Å². The van der Waals surface area contributed by atoms with Gasteiger partial charge in [0.25, 0.3) is 5.56 Å². The van der Waals surface area contributed by atoms with E-state index >= 15 is 4.39 Å². The number of halogens is 5. The molecule has 0 spiro atoms. The van der Waals surface area contributed by atoms with E-state index in [0.29, 0.717) is 63.1 Å². The SMILES string of the molecule is CC[C@@]1(O)C(=O)OCc2c1cc1n(c2=O)Cc2c-1nc1cc(F)c(C)c3c1c2[C@@H](NC(=O)OCc1ccc(NC(=O)[C@H](C)NC(=O)[C@H](C)NC(=O)CCOCCOCCC(=O)Oc2c(F)c(F)cc(F)c2F)cc1)CC3. The average molecular weight is 1060 g/mol. The predicted molar refractivity (Wildman–Crippen MR) is 257 cm³/mol. The lowest BCUT2D eigenvalue weighted by atomic mass is 9.81. The van der Waals surface area contributed by atoms with Gasteiger partial charge in [-0.1, -0.05) is 19.1 Å². The molecule has 5 aromatic rings. The number of carbonyl (C=O) groups excluding carboxylic acids is 6. The first kappa shape index (κ1) is 54.4. The minimum atomic E-state index is -2.05. The van der Waals surface area contributed by atoms with E-state index in [1.165, 1.54) is 24.5 Å². The standard InChI is InChI=1S/C52H51F5N6O13/c1-5-52(71)32-18-38-45-30(21-63(38)49(68)31(32)23-74-50(52)69)42-36(11-10-29-24(2)33(53)20-37(61-45)41(29)42)62-51(70)75-22-27-6-8-28(9-7-27)60-48(67)26(4)59-47(66)25(3)58-39(64)12-14-72-16-17-73-15-13-40(65)76-46-43(56)34(54)19-35(55)44(46)57/h6-9,18-20,25-26,36,71H,5,10-17,21-23H2,1-4H3,(H,58,64)(H,59,66)(H,60,67)(H,62,70)/t25-,26-,36-,52-/m0/s1. The molecule has 0 bridgehead atoms. The van der Waals surface area contributed by atoms with Crippen LogP contribution in [0, 0.1) is 36.0 Å². The number of esters is 2. The number of hydrogen-bond acceptors (Lipinski definition) is 14. The van der Waals surface area contributed by atoms with Crippen molar-refractivity contribution in [3.05, 3.63) is 121 Å². The second-order valence-corrected chi connectivity index (χ2v) is 18.3. The number of cyclic esters (lactones) is 1. The molecule has 0 unspecified atom stereocenters. The molecule has 0 radical (unpaired) electrons. The van der Waals surface area contributed by atoms with Crippen molar-refractivity contribution in [2.75, 3.05) is 31.7 Å². The number of nitrogens with one attached hydrogen (secondary N) is 4. The highest BCUT2D eigenvalue weighted by atomic mass is 19.2. The van der Waals surface area contributed by atoms with Gasteiger partial charge in [-0.2, -0.15) is 8.78 Å². The summed E-state index contributed by atoms with van der Waals surface area (Å²) in [6.45, 7) is 5.26. The van der Waals surface area contributed by atoms with E-state index < -0.39 is 106 Å². The molecule has 1 aliphatic carbocycles. The van der Waals surface area contributed by atoms with Crippen molar-refractivity contribution in [2.24, 2.45) is 0 Å². The van der Waals surface area contributed by atoms with E-state index in [1.54, 1.807) is 44.2 Å². The van der Waals surface area contributed by atoms with Gasteiger partial charge in [-0.25, -0.2) is 27.7 Å². The fraction of sp³-hybridized carbons (Fsp3) is 0.385. The summed E-state index contributed by atoms with van der Waals surface area (Å²) in [4.78, 5) is 95.0. The molecule has 19 nitrogen and oxygen atoms in total. The van der Waals surface area contributed by atoms with Crippen LogP contribution in [0.15, 0.2) is 47.3 Å². The summed E-state index contributed by atoms with van der Waals surface area (Å²) >= 11 is 0. The van der Waals surface area contributed by atoms with E-state index in [2.05, 4.69) is 26.0 Å². The highest BCUT2D eigenvalue weighted by Gasteiger charge is 2.46. The minimum absolute atomic E-state index is 0.0262. The van der Waals surface area contributed by atoms with E-state index in [1.807, 2.05) is 0 Å². The Bertz CT molecular complexity index is 3220. The lowest BCUT2D eigenvalue weighted by Crippen LogP contribution is -2.50. The number of nitrogens with zero attached hydrogens (tertiary/aromatic N) is 2. The van der Waals surface area contributed by atoms with Gasteiger partial charge >= 0.3 is 18.0 Å². The third-order valence-electron chi connectivity index (χ3n) is 13.4. The Kier molecular flexibility index (Phi) is 16.2. The summed E-state index contributed by atoms with van der Waals surface area (Å²) in [5.74, 6) is -13.0. The zero-order valence-corrected chi connectivity index (χ0v) is 41.4. The Hall–Kier alpha value is -7.83.